The summed E-state index contributed by atoms with van der Waals surface area (Å²) >= 11 is 0. The van der Waals surface area contributed by atoms with Crippen molar-refractivity contribution in [1.82, 2.24) is 0 Å². The Balaban J connectivity index is 1.35. The predicted octanol–water partition coefficient (Wildman–Crippen LogP) is 8.54. The van der Waals surface area contributed by atoms with Crippen LogP contribution in [0.5, 0.6) is 17.2 Å². The third kappa shape index (κ3) is 9.19. The molecule has 0 radical (unpaired) electrons. The molecular formula is C39H44O7. The van der Waals surface area contributed by atoms with Crippen LogP contribution in [0.15, 0.2) is 91.0 Å². The largest absolute Gasteiger partial charge is 0.488 e. The van der Waals surface area contributed by atoms with Gasteiger partial charge in [-0.2, -0.15) is 0 Å². The Morgan fingerprint density at radius 3 is 1.87 bits per heavy atom. The fraction of sp³-hybridized carbons (Fsp3) is 0.359. The Morgan fingerprint density at radius 2 is 1.33 bits per heavy atom. The van der Waals surface area contributed by atoms with Gasteiger partial charge in [-0.15, -0.1) is 0 Å². The normalized spacial score (nSPS) is 14.7. The molecule has 1 aliphatic rings. The van der Waals surface area contributed by atoms with Crippen molar-refractivity contribution >= 4 is 24.5 Å². The molecule has 0 spiro atoms. The molecule has 3 aromatic carbocycles. The highest BCUT2D eigenvalue weighted by molar-refractivity contribution is 5.88. The van der Waals surface area contributed by atoms with Crippen molar-refractivity contribution in [3.63, 3.8) is 0 Å². The summed E-state index contributed by atoms with van der Waals surface area (Å²) < 4.78 is 22.3. The van der Waals surface area contributed by atoms with Crippen LogP contribution in [-0.2, 0) is 24.5 Å². The van der Waals surface area contributed by atoms with Gasteiger partial charge in [0, 0.05) is 23.5 Å². The van der Waals surface area contributed by atoms with Gasteiger partial charge in [0.2, 0.25) is 0 Å². The van der Waals surface area contributed by atoms with E-state index in [0.717, 1.165) is 31.2 Å². The quantitative estimate of drug-likeness (QED) is 0.0815. The first-order valence-electron chi connectivity index (χ1n) is 15.7. The van der Waals surface area contributed by atoms with Crippen LogP contribution in [0.25, 0.3) is 6.08 Å². The molecule has 7 heteroatoms. The van der Waals surface area contributed by atoms with Crippen LogP contribution in [0.4, 0.5) is 0 Å². The minimum absolute atomic E-state index is 0.140. The first-order valence-corrected chi connectivity index (χ1v) is 15.7. The van der Waals surface area contributed by atoms with Crippen LogP contribution in [-0.4, -0.2) is 29.6 Å². The van der Waals surface area contributed by atoms with Gasteiger partial charge >= 0.3 is 11.9 Å². The van der Waals surface area contributed by atoms with Crippen LogP contribution in [0.3, 0.4) is 0 Å². The second-order valence-electron chi connectivity index (χ2n) is 13.2. The monoisotopic (exact) mass is 624 g/mol. The molecule has 0 atom stereocenters. The number of ether oxygens (including phenoxy) is 4. The minimum atomic E-state index is -0.735. The maximum atomic E-state index is 12.6. The summed E-state index contributed by atoms with van der Waals surface area (Å²) in [6.07, 6.45) is 9.07. The van der Waals surface area contributed by atoms with Crippen molar-refractivity contribution in [3.05, 3.63) is 108 Å². The van der Waals surface area contributed by atoms with Crippen LogP contribution in [0.1, 0.15) is 89.8 Å². The molecule has 0 N–H and O–H groups in total. The van der Waals surface area contributed by atoms with Gasteiger partial charge in [0.15, 0.2) is 0 Å². The molecule has 0 saturated heterocycles. The van der Waals surface area contributed by atoms with E-state index in [1.807, 2.05) is 100 Å². The van der Waals surface area contributed by atoms with Crippen molar-refractivity contribution < 1.29 is 33.3 Å². The summed E-state index contributed by atoms with van der Waals surface area (Å²) in [5, 5.41) is 0. The van der Waals surface area contributed by atoms with Crippen molar-refractivity contribution in [2.45, 2.75) is 89.8 Å². The van der Waals surface area contributed by atoms with Gasteiger partial charge in [-0.05, 0) is 107 Å². The SMILES string of the molecule is C=C(C)C(=O)OC(C)(C)CC(C)(C)Oc1ccc(/C=C/C(=O)Oc2ccc(C3(c4ccc(OC=O)cc4)CCCCC3)cc2)cc1. The fourth-order valence-corrected chi connectivity index (χ4v) is 6.37. The predicted molar refractivity (Wildman–Crippen MR) is 179 cm³/mol. The third-order valence-corrected chi connectivity index (χ3v) is 8.18. The molecule has 0 amide bonds. The Bertz CT molecular complexity index is 1540. The van der Waals surface area contributed by atoms with E-state index in [0.29, 0.717) is 35.7 Å². The van der Waals surface area contributed by atoms with Gasteiger partial charge < -0.3 is 18.9 Å². The Morgan fingerprint density at radius 1 is 0.783 bits per heavy atom. The molecule has 242 valence electrons. The number of rotatable bonds is 13. The Hall–Kier alpha value is -4.65. The Kier molecular flexibility index (Phi) is 10.9. The molecule has 0 bridgehead atoms. The highest BCUT2D eigenvalue weighted by Gasteiger charge is 2.36. The van der Waals surface area contributed by atoms with Crippen LogP contribution in [0.2, 0.25) is 0 Å². The molecule has 1 aliphatic carbocycles. The van der Waals surface area contributed by atoms with Gasteiger partial charge in [0.25, 0.3) is 6.47 Å². The number of carbonyl (C=O) groups excluding carboxylic acids is 3. The second-order valence-corrected chi connectivity index (χ2v) is 13.2. The summed E-state index contributed by atoms with van der Waals surface area (Å²) in [7, 11) is 0. The van der Waals surface area contributed by atoms with Gasteiger partial charge in [0.05, 0.1) is 0 Å². The molecule has 46 heavy (non-hydrogen) atoms. The number of hydrogen-bond acceptors (Lipinski definition) is 7. The van der Waals surface area contributed by atoms with Gasteiger partial charge in [-0.3, -0.25) is 4.79 Å². The lowest BCUT2D eigenvalue weighted by molar-refractivity contribution is -0.155. The maximum absolute atomic E-state index is 12.6. The topological polar surface area (TPSA) is 88.1 Å². The molecule has 4 rings (SSSR count). The molecule has 0 heterocycles. The second kappa shape index (κ2) is 14.6. The first-order chi connectivity index (χ1) is 21.8. The molecule has 0 aliphatic heterocycles. The van der Waals surface area contributed by atoms with E-state index >= 15 is 0 Å². The highest BCUT2D eigenvalue weighted by Crippen LogP contribution is 2.45. The van der Waals surface area contributed by atoms with Crippen molar-refractivity contribution in [1.29, 1.82) is 0 Å². The van der Waals surface area contributed by atoms with Gasteiger partial charge in [0.1, 0.15) is 28.5 Å². The lowest BCUT2D eigenvalue weighted by atomic mass is 9.65. The summed E-state index contributed by atoms with van der Waals surface area (Å²) in [4.78, 5) is 35.3. The number of carbonyl (C=O) groups is 3. The molecule has 3 aromatic rings. The van der Waals surface area contributed by atoms with E-state index in [4.69, 9.17) is 18.9 Å². The van der Waals surface area contributed by atoms with E-state index in [2.05, 4.69) is 6.58 Å². The molecule has 0 aromatic heterocycles. The van der Waals surface area contributed by atoms with E-state index in [1.54, 1.807) is 13.0 Å². The van der Waals surface area contributed by atoms with Crippen molar-refractivity contribution in [3.8, 4) is 17.2 Å². The zero-order valence-electron chi connectivity index (χ0n) is 27.5. The average molecular weight is 625 g/mol. The summed E-state index contributed by atoms with van der Waals surface area (Å²) in [5.74, 6) is 0.758. The van der Waals surface area contributed by atoms with E-state index in [9.17, 15) is 14.4 Å². The third-order valence-electron chi connectivity index (χ3n) is 8.18. The van der Waals surface area contributed by atoms with E-state index < -0.39 is 23.1 Å². The van der Waals surface area contributed by atoms with Gasteiger partial charge in [-0.1, -0.05) is 62.2 Å². The highest BCUT2D eigenvalue weighted by atomic mass is 16.6. The molecule has 0 unspecified atom stereocenters. The molecule has 1 fully saturated rings. The number of benzene rings is 3. The number of esters is 2. The van der Waals surface area contributed by atoms with Crippen molar-refractivity contribution in [2.75, 3.05) is 0 Å². The average Bonchev–Trinajstić information content (AvgIpc) is 3.01. The zero-order valence-corrected chi connectivity index (χ0v) is 27.5. The molecule has 7 nitrogen and oxygen atoms in total. The summed E-state index contributed by atoms with van der Waals surface area (Å²) in [6.45, 7) is 13.3. The standard InChI is InChI=1S/C39H44O7/c1-28(2)36(42)46-38(5,6)26-37(3,4)45-34-17-10-29(11-18-34)12-23-35(41)44-33-21-15-31(16-22-33)39(24-8-7-9-25-39)30-13-19-32(20-14-30)43-27-40/h10-23,27H,1,7-9,24-26H2,2-6H3/b23-12+. The van der Waals surface area contributed by atoms with Crippen LogP contribution >= 0.6 is 0 Å². The fourth-order valence-electron chi connectivity index (χ4n) is 6.37. The summed E-state index contributed by atoms with van der Waals surface area (Å²) in [5.41, 5.74) is 2.05. The zero-order chi connectivity index (χ0) is 33.4. The van der Waals surface area contributed by atoms with Crippen LogP contribution < -0.4 is 14.2 Å². The lowest BCUT2D eigenvalue weighted by Gasteiger charge is -2.38. The molecule has 1 saturated carbocycles. The Labute approximate surface area is 272 Å². The summed E-state index contributed by atoms with van der Waals surface area (Å²) in [6, 6.07) is 22.9. The van der Waals surface area contributed by atoms with Crippen molar-refractivity contribution in [2.24, 2.45) is 0 Å². The lowest BCUT2D eigenvalue weighted by Crippen LogP contribution is -2.40. The van der Waals surface area contributed by atoms with Crippen LogP contribution in [0, 0.1) is 0 Å². The van der Waals surface area contributed by atoms with E-state index in [-0.39, 0.29) is 5.41 Å². The number of hydrogen-bond donors (Lipinski definition) is 0. The van der Waals surface area contributed by atoms with E-state index in [1.165, 1.54) is 23.6 Å². The molecular weight excluding hydrogens is 580 g/mol. The van der Waals surface area contributed by atoms with Gasteiger partial charge in [-0.25, -0.2) is 9.59 Å². The first kappa shape index (κ1) is 34.2. The maximum Gasteiger partial charge on any atom is 0.336 e. The smallest absolute Gasteiger partial charge is 0.336 e. The minimum Gasteiger partial charge on any atom is -0.488 e.